The van der Waals surface area contributed by atoms with Crippen LogP contribution in [0.1, 0.15) is 31.7 Å². The maximum atomic E-state index is 14.1. The molecule has 2 aliphatic heterocycles. The van der Waals surface area contributed by atoms with Crippen molar-refractivity contribution in [3.05, 3.63) is 29.6 Å². The van der Waals surface area contributed by atoms with Crippen molar-refractivity contribution in [1.29, 1.82) is 0 Å². The van der Waals surface area contributed by atoms with E-state index in [1.165, 1.54) is 11.0 Å². The Morgan fingerprint density at radius 3 is 2.92 bits per heavy atom. The van der Waals surface area contributed by atoms with E-state index in [1.54, 1.807) is 19.1 Å². The summed E-state index contributed by atoms with van der Waals surface area (Å²) < 4.78 is 14.1. The topological polar surface area (TPSA) is 52.7 Å². The van der Waals surface area contributed by atoms with Crippen molar-refractivity contribution < 1.29 is 14.0 Å². The lowest BCUT2D eigenvalue weighted by atomic mass is 10.1. The number of carbonyl (C=O) groups is 2. The molecule has 2 amide bonds. The summed E-state index contributed by atoms with van der Waals surface area (Å²) in [5.41, 5.74) is 1.07. The second-order valence-electron chi connectivity index (χ2n) is 7.03. The minimum Gasteiger partial charge on any atom is -0.354 e. The minimum absolute atomic E-state index is 0.105. The molecule has 1 aromatic carbocycles. The zero-order valence-electron chi connectivity index (χ0n) is 14.9. The highest BCUT2D eigenvalue weighted by molar-refractivity contribution is 6.00. The molecule has 3 rings (SSSR count). The number of rotatable bonds is 5. The van der Waals surface area contributed by atoms with E-state index in [0.717, 1.165) is 31.5 Å². The van der Waals surface area contributed by atoms with Gasteiger partial charge in [0.25, 0.3) is 0 Å². The van der Waals surface area contributed by atoms with Crippen molar-refractivity contribution >= 4 is 17.5 Å². The molecule has 2 aliphatic rings. The fraction of sp³-hybridized carbons (Fsp3) is 0.579. The van der Waals surface area contributed by atoms with E-state index < -0.39 is 11.7 Å². The minimum atomic E-state index is -0.418. The fourth-order valence-corrected chi connectivity index (χ4v) is 3.85. The van der Waals surface area contributed by atoms with Crippen LogP contribution in [-0.4, -0.2) is 48.9 Å². The second kappa shape index (κ2) is 7.52. The number of carbonyl (C=O) groups excluding carboxylic acids is 2. The summed E-state index contributed by atoms with van der Waals surface area (Å²) >= 11 is 0. The van der Waals surface area contributed by atoms with Crippen LogP contribution in [-0.2, 0) is 9.59 Å². The van der Waals surface area contributed by atoms with Gasteiger partial charge in [0, 0.05) is 25.6 Å². The summed E-state index contributed by atoms with van der Waals surface area (Å²) in [6.07, 6.45) is 2.40. The fourth-order valence-electron chi connectivity index (χ4n) is 3.85. The number of amides is 2. The third-order valence-electron chi connectivity index (χ3n) is 5.31. The van der Waals surface area contributed by atoms with Crippen molar-refractivity contribution in [2.24, 2.45) is 5.92 Å². The van der Waals surface area contributed by atoms with E-state index in [9.17, 15) is 14.0 Å². The van der Waals surface area contributed by atoms with Crippen LogP contribution in [0.15, 0.2) is 18.2 Å². The summed E-state index contributed by atoms with van der Waals surface area (Å²) in [5.74, 6) is -1.13. The number of nitrogens with zero attached hydrogens (tertiary/aromatic N) is 2. The molecule has 2 heterocycles. The molecule has 2 fully saturated rings. The van der Waals surface area contributed by atoms with Gasteiger partial charge in [0.1, 0.15) is 5.82 Å². The molecular formula is C19H26FN3O2. The number of hydrogen-bond acceptors (Lipinski definition) is 3. The first-order valence-corrected chi connectivity index (χ1v) is 9.08. The lowest BCUT2D eigenvalue weighted by molar-refractivity contribution is -0.126. The molecule has 1 N–H and O–H groups in total. The molecule has 0 spiro atoms. The third kappa shape index (κ3) is 3.84. The molecule has 2 saturated heterocycles. The average Bonchev–Trinajstić information content (AvgIpc) is 3.19. The number of benzene rings is 1. The zero-order chi connectivity index (χ0) is 18.0. The number of anilines is 1. The Hall–Kier alpha value is -1.95. The quantitative estimate of drug-likeness (QED) is 0.887. The van der Waals surface area contributed by atoms with Crippen LogP contribution in [0.2, 0.25) is 0 Å². The number of likely N-dealkylation sites (tertiary alicyclic amines) is 1. The Balaban J connectivity index is 1.59. The maximum absolute atomic E-state index is 14.1. The van der Waals surface area contributed by atoms with Gasteiger partial charge in [-0.3, -0.25) is 14.5 Å². The predicted molar refractivity (Wildman–Crippen MR) is 94.9 cm³/mol. The number of aryl methyl sites for hydroxylation is 1. The van der Waals surface area contributed by atoms with Gasteiger partial charge in [-0.25, -0.2) is 4.39 Å². The van der Waals surface area contributed by atoms with Gasteiger partial charge < -0.3 is 10.2 Å². The predicted octanol–water partition coefficient (Wildman–Crippen LogP) is 2.09. The molecule has 0 radical (unpaired) electrons. The van der Waals surface area contributed by atoms with Gasteiger partial charge in [0.2, 0.25) is 11.8 Å². The Kier molecular flexibility index (Phi) is 5.37. The third-order valence-corrected chi connectivity index (χ3v) is 5.31. The molecule has 0 unspecified atom stereocenters. The molecule has 25 heavy (non-hydrogen) atoms. The average molecular weight is 347 g/mol. The summed E-state index contributed by atoms with van der Waals surface area (Å²) in [6, 6.07) is 5.19. The van der Waals surface area contributed by atoms with E-state index in [0.29, 0.717) is 12.6 Å². The molecule has 0 aliphatic carbocycles. The van der Waals surface area contributed by atoms with Gasteiger partial charge in [0.15, 0.2) is 0 Å². The normalized spacial score (nSPS) is 24.1. The standard InChI is InChI=1S/C19H26FN3O2/c1-3-22-8-4-5-15(22)11-21-19(25)14-10-18(24)23(12-14)17-7-6-13(2)9-16(17)20/h6-7,9,14-15H,3-5,8,10-12H2,1-2H3,(H,21,25)/t14-,15+/m0/s1. The number of likely N-dealkylation sites (N-methyl/N-ethyl adjacent to an activating group) is 1. The first-order valence-electron chi connectivity index (χ1n) is 9.08. The van der Waals surface area contributed by atoms with E-state index in [2.05, 4.69) is 17.1 Å². The van der Waals surface area contributed by atoms with Crippen molar-refractivity contribution in [1.82, 2.24) is 10.2 Å². The van der Waals surface area contributed by atoms with E-state index in [-0.39, 0.29) is 30.5 Å². The van der Waals surface area contributed by atoms with Crippen LogP contribution in [0.4, 0.5) is 10.1 Å². The van der Waals surface area contributed by atoms with E-state index in [4.69, 9.17) is 0 Å². The molecule has 0 bridgehead atoms. The van der Waals surface area contributed by atoms with Crippen LogP contribution >= 0.6 is 0 Å². The largest absolute Gasteiger partial charge is 0.354 e. The van der Waals surface area contributed by atoms with Crippen molar-refractivity contribution in [3.63, 3.8) is 0 Å². The molecular weight excluding hydrogens is 321 g/mol. The highest BCUT2D eigenvalue weighted by atomic mass is 19.1. The Morgan fingerprint density at radius 1 is 1.40 bits per heavy atom. The highest BCUT2D eigenvalue weighted by Crippen LogP contribution is 2.28. The van der Waals surface area contributed by atoms with Crippen LogP contribution < -0.4 is 10.2 Å². The molecule has 136 valence electrons. The van der Waals surface area contributed by atoms with E-state index in [1.807, 2.05) is 0 Å². The summed E-state index contributed by atoms with van der Waals surface area (Å²) in [5, 5.41) is 2.99. The van der Waals surface area contributed by atoms with Gasteiger partial charge in [-0.05, 0) is 50.6 Å². The Morgan fingerprint density at radius 2 is 2.20 bits per heavy atom. The second-order valence-corrected chi connectivity index (χ2v) is 7.03. The van der Waals surface area contributed by atoms with Crippen LogP contribution in [0, 0.1) is 18.7 Å². The number of nitrogens with one attached hydrogen (secondary N) is 1. The monoisotopic (exact) mass is 347 g/mol. The van der Waals surface area contributed by atoms with Crippen molar-refractivity contribution in [2.45, 2.75) is 39.2 Å². The first-order chi connectivity index (χ1) is 12.0. The lowest BCUT2D eigenvalue weighted by Gasteiger charge is -2.23. The van der Waals surface area contributed by atoms with E-state index >= 15 is 0 Å². The van der Waals surface area contributed by atoms with Gasteiger partial charge in [-0.15, -0.1) is 0 Å². The summed E-state index contributed by atoms with van der Waals surface area (Å²) in [6.45, 7) is 6.87. The van der Waals surface area contributed by atoms with Crippen LogP contribution in [0.5, 0.6) is 0 Å². The number of halogens is 1. The van der Waals surface area contributed by atoms with Crippen LogP contribution in [0.3, 0.4) is 0 Å². The summed E-state index contributed by atoms with van der Waals surface area (Å²) in [4.78, 5) is 28.5. The smallest absolute Gasteiger partial charge is 0.227 e. The molecule has 1 aromatic rings. The summed E-state index contributed by atoms with van der Waals surface area (Å²) in [7, 11) is 0. The van der Waals surface area contributed by atoms with Crippen molar-refractivity contribution in [2.75, 3.05) is 31.1 Å². The number of hydrogen-bond donors (Lipinski definition) is 1. The highest BCUT2D eigenvalue weighted by Gasteiger charge is 2.36. The van der Waals surface area contributed by atoms with Gasteiger partial charge in [0.05, 0.1) is 11.6 Å². The van der Waals surface area contributed by atoms with Gasteiger partial charge in [-0.1, -0.05) is 13.0 Å². The maximum Gasteiger partial charge on any atom is 0.227 e. The van der Waals surface area contributed by atoms with Gasteiger partial charge in [-0.2, -0.15) is 0 Å². The van der Waals surface area contributed by atoms with Crippen molar-refractivity contribution in [3.8, 4) is 0 Å². The molecule has 6 heteroatoms. The Bertz CT molecular complexity index is 664. The first kappa shape index (κ1) is 17.9. The molecule has 0 saturated carbocycles. The SMILES string of the molecule is CCN1CCC[C@@H]1CNC(=O)[C@H]1CC(=O)N(c2ccc(C)cc2F)C1. The molecule has 2 atom stereocenters. The molecule has 5 nitrogen and oxygen atoms in total. The van der Waals surface area contributed by atoms with Gasteiger partial charge >= 0.3 is 0 Å². The molecule has 0 aromatic heterocycles. The lowest BCUT2D eigenvalue weighted by Crippen LogP contribution is -2.42. The zero-order valence-corrected chi connectivity index (χ0v) is 14.9. The Labute approximate surface area is 148 Å². The van der Waals surface area contributed by atoms with Crippen LogP contribution in [0.25, 0.3) is 0 Å².